The Balaban J connectivity index is 2.73. The fraction of sp³-hybridized carbons (Fsp3) is 0.333. The standard InChI is InChI=1S/C12H16OS/c1-4-9-13-11-7-5-10(6-8-11)12(2,3)14/h4-8,14H,1,9H2,2-3H3. The van der Waals surface area contributed by atoms with Crippen molar-refractivity contribution in [3.8, 4) is 5.75 Å². The molecule has 1 aromatic carbocycles. The fourth-order valence-corrected chi connectivity index (χ4v) is 1.26. The van der Waals surface area contributed by atoms with Crippen molar-refractivity contribution in [3.05, 3.63) is 42.5 Å². The quantitative estimate of drug-likeness (QED) is 0.589. The van der Waals surface area contributed by atoms with E-state index in [1.165, 1.54) is 5.56 Å². The van der Waals surface area contributed by atoms with Gasteiger partial charge in [0.2, 0.25) is 0 Å². The molecule has 0 amide bonds. The molecular formula is C12H16OS. The van der Waals surface area contributed by atoms with Crippen molar-refractivity contribution in [2.45, 2.75) is 18.6 Å². The maximum atomic E-state index is 5.38. The molecule has 76 valence electrons. The Hall–Kier alpha value is -0.890. The molecule has 0 unspecified atom stereocenters. The first kappa shape index (κ1) is 11.2. The molecule has 0 fully saturated rings. The molecule has 0 saturated heterocycles. The average molecular weight is 208 g/mol. The summed E-state index contributed by atoms with van der Waals surface area (Å²) in [5.74, 6) is 0.867. The Labute approximate surface area is 91.2 Å². The second-order valence-corrected chi connectivity index (χ2v) is 4.80. The summed E-state index contributed by atoms with van der Waals surface area (Å²) in [6.07, 6.45) is 1.73. The molecule has 0 aliphatic carbocycles. The highest BCUT2D eigenvalue weighted by molar-refractivity contribution is 7.81. The van der Waals surface area contributed by atoms with Crippen LogP contribution < -0.4 is 4.74 Å². The molecule has 2 heteroatoms. The van der Waals surface area contributed by atoms with Gasteiger partial charge in [0.05, 0.1) is 0 Å². The number of benzene rings is 1. The molecule has 14 heavy (non-hydrogen) atoms. The van der Waals surface area contributed by atoms with Crippen LogP contribution in [0.15, 0.2) is 36.9 Å². The molecule has 0 atom stereocenters. The van der Waals surface area contributed by atoms with Gasteiger partial charge in [-0.3, -0.25) is 0 Å². The summed E-state index contributed by atoms with van der Waals surface area (Å²) in [5, 5.41) is 0. The third kappa shape index (κ3) is 3.11. The van der Waals surface area contributed by atoms with Crippen molar-refractivity contribution < 1.29 is 4.74 Å². The van der Waals surface area contributed by atoms with Crippen LogP contribution in [0.25, 0.3) is 0 Å². The first-order valence-corrected chi connectivity index (χ1v) is 5.05. The van der Waals surface area contributed by atoms with Crippen molar-refractivity contribution in [1.29, 1.82) is 0 Å². The van der Waals surface area contributed by atoms with E-state index in [0.717, 1.165) is 5.75 Å². The summed E-state index contributed by atoms with van der Waals surface area (Å²) < 4.78 is 5.28. The smallest absolute Gasteiger partial charge is 0.119 e. The molecular weight excluding hydrogens is 192 g/mol. The normalized spacial score (nSPS) is 11.1. The number of rotatable bonds is 4. The Bertz CT molecular complexity index is 295. The largest absolute Gasteiger partial charge is 0.490 e. The van der Waals surface area contributed by atoms with Gasteiger partial charge in [0.25, 0.3) is 0 Å². The second-order valence-electron chi connectivity index (χ2n) is 3.68. The molecule has 0 radical (unpaired) electrons. The number of hydrogen-bond acceptors (Lipinski definition) is 2. The predicted octanol–water partition coefficient (Wildman–Crippen LogP) is 3.42. The highest BCUT2D eigenvalue weighted by Gasteiger charge is 2.13. The molecule has 0 aromatic heterocycles. The van der Waals surface area contributed by atoms with E-state index < -0.39 is 0 Å². The predicted molar refractivity (Wildman–Crippen MR) is 64.1 cm³/mol. The van der Waals surface area contributed by atoms with Gasteiger partial charge in [-0.05, 0) is 31.5 Å². The van der Waals surface area contributed by atoms with Crippen LogP contribution in [0.2, 0.25) is 0 Å². The molecule has 0 saturated carbocycles. The van der Waals surface area contributed by atoms with Gasteiger partial charge >= 0.3 is 0 Å². The van der Waals surface area contributed by atoms with Gasteiger partial charge in [0.15, 0.2) is 0 Å². The zero-order valence-corrected chi connectivity index (χ0v) is 9.55. The summed E-state index contributed by atoms with van der Waals surface area (Å²) in [7, 11) is 0. The minimum Gasteiger partial charge on any atom is -0.490 e. The monoisotopic (exact) mass is 208 g/mol. The van der Waals surface area contributed by atoms with E-state index in [0.29, 0.717) is 6.61 Å². The molecule has 1 nitrogen and oxygen atoms in total. The summed E-state index contributed by atoms with van der Waals surface area (Å²) in [6, 6.07) is 7.98. The van der Waals surface area contributed by atoms with Crippen molar-refractivity contribution >= 4 is 12.6 Å². The van der Waals surface area contributed by atoms with Gasteiger partial charge in [0.1, 0.15) is 12.4 Å². The van der Waals surface area contributed by atoms with Crippen LogP contribution in [0.1, 0.15) is 19.4 Å². The van der Waals surface area contributed by atoms with Crippen LogP contribution in [0.4, 0.5) is 0 Å². The Morgan fingerprint density at radius 2 is 1.93 bits per heavy atom. The number of thiol groups is 1. The molecule has 1 aromatic rings. The van der Waals surface area contributed by atoms with Gasteiger partial charge in [-0.1, -0.05) is 24.8 Å². The van der Waals surface area contributed by atoms with Crippen molar-refractivity contribution in [3.63, 3.8) is 0 Å². The lowest BCUT2D eigenvalue weighted by Crippen LogP contribution is -2.07. The van der Waals surface area contributed by atoms with Crippen LogP contribution in [-0.4, -0.2) is 6.61 Å². The molecule has 1 rings (SSSR count). The van der Waals surface area contributed by atoms with Crippen LogP contribution in [0.3, 0.4) is 0 Å². The minimum absolute atomic E-state index is 0.100. The van der Waals surface area contributed by atoms with E-state index in [-0.39, 0.29) is 4.75 Å². The summed E-state index contributed by atoms with van der Waals surface area (Å²) in [6.45, 7) is 8.27. The summed E-state index contributed by atoms with van der Waals surface area (Å²) >= 11 is 4.49. The number of hydrogen-bond donors (Lipinski definition) is 1. The van der Waals surface area contributed by atoms with Gasteiger partial charge in [-0.15, -0.1) is 0 Å². The van der Waals surface area contributed by atoms with E-state index in [1.54, 1.807) is 6.08 Å². The average Bonchev–Trinajstić information content (AvgIpc) is 2.14. The summed E-state index contributed by atoms with van der Waals surface area (Å²) in [4.78, 5) is 0. The highest BCUT2D eigenvalue weighted by atomic mass is 32.1. The first-order chi connectivity index (χ1) is 6.54. The molecule has 0 heterocycles. The first-order valence-electron chi connectivity index (χ1n) is 4.60. The Morgan fingerprint density at radius 1 is 1.36 bits per heavy atom. The Kier molecular flexibility index (Phi) is 3.64. The molecule has 0 bridgehead atoms. The highest BCUT2D eigenvalue weighted by Crippen LogP contribution is 2.28. The zero-order valence-electron chi connectivity index (χ0n) is 8.66. The van der Waals surface area contributed by atoms with E-state index in [2.05, 4.69) is 33.1 Å². The number of ether oxygens (including phenoxy) is 1. The lowest BCUT2D eigenvalue weighted by Gasteiger charge is -2.18. The van der Waals surface area contributed by atoms with E-state index >= 15 is 0 Å². The lowest BCUT2D eigenvalue weighted by atomic mass is 10.0. The summed E-state index contributed by atoms with van der Waals surface area (Å²) in [5.41, 5.74) is 1.19. The van der Waals surface area contributed by atoms with Gasteiger partial charge in [0, 0.05) is 4.75 Å². The molecule has 0 aliphatic heterocycles. The van der Waals surface area contributed by atoms with Crippen LogP contribution in [-0.2, 0) is 4.75 Å². The second kappa shape index (κ2) is 4.56. The topological polar surface area (TPSA) is 9.23 Å². The van der Waals surface area contributed by atoms with Crippen LogP contribution in [0, 0.1) is 0 Å². The van der Waals surface area contributed by atoms with Gasteiger partial charge in [-0.2, -0.15) is 12.6 Å². The van der Waals surface area contributed by atoms with E-state index in [4.69, 9.17) is 4.74 Å². The Morgan fingerprint density at radius 3 is 2.36 bits per heavy atom. The van der Waals surface area contributed by atoms with Gasteiger partial charge in [-0.25, -0.2) is 0 Å². The zero-order chi connectivity index (χ0) is 10.6. The van der Waals surface area contributed by atoms with Gasteiger partial charge < -0.3 is 4.74 Å². The SMILES string of the molecule is C=CCOc1ccc(C(C)(C)S)cc1. The molecule has 0 aliphatic rings. The van der Waals surface area contributed by atoms with E-state index in [1.807, 2.05) is 24.3 Å². The van der Waals surface area contributed by atoms with Crippen LogP contribution in [0.5, 0.6) is 5.75 Å². The molecule has 0 N–H and O–H groups in total. The van der Waals surface area contributed by atoms with Crippen LogP contribution >= 0.6 is 12.6 Å². The fourth-order valence-electron chi connectivity index (χ4n) is 1.11. The van der Waals surface area contributed by atoms with Crippen molar-refractivity contribution in [2.24, 2.45) is 0 Å². The van der Waals surface area contributed by atoms with Crippen molar-refractivity contribution in [2.75, 3.05) is 6.61 Å². The molecule has 0 spiro atoms. The maximum absolute atomic E-state index is 5.38. The third-order valence-electron chi connectivity index (χ3n) is 1.93. The van der Waals surface area contributed by atoms with E-state index in [9.17, 15) is 0 Å². The maximum Gasteiger partial charge on any atom is 0.119 e. The minimum atomic E-state index is -0.100. The third-order valence-corrected chi connectivity index (χ3v) is 2.19. The lowest BCUT2D eigenvalue weighted by molar-refractivity contribution is 0.363. The van der Waals surface area contributed by atoms with Crippen molar-refractivity contribution in [1.82, 2.24) is 0 Å².